The Bertz CT molecular complexity index is 962. The number of para-hydroxylation sites is 2. The van der Waals surface area contributed by atoms with Gasteiger partial charge in [-0.15, -0.1) is 0 Å². The Balaban J connectivity index is 1.55. The molecular formula is C19H17N3O2S. The van der Waals surface area contributed by atoms with Gasteiger partial charge in [-0.2, -0.15) is 0 Å². The quantitative estimate of drug-likeness (QED) is 0.781. The van der Waals surface area contributed by atoms with Gasteiger partial charge in [0, 0.05) is 12.1 Å². The highest BCUT2D eigenvalue weighted by Gasteiger charge is 2.33. The van der Waals surface area contributed by atoms with Crippen LogP contribution in [0, 0.1) is 0 Å². The minimum absolute atomic E-state index is 0.0936. The molecule has 1 aliphatic rings. The number of hydrogen-bond acceptors (Lipinski definition) is 4. The summed E-state index contributed by atoms with van der Waals surface area (Å²) in [4.78, 5) is 29.6. The first-order valence-corrected chi connectivity index (χ1v) is 9.11. The molecule has 0 fully saturated rings. The maximum atomic E-state index is 12.6. The number of amides is 1. The third-order valence-electron chi connectivity index (χ3n) is 4.31. The molecule has 4 rings (SSSR count). The number of carbonyl (C=O) groups excluding carboxylic acids is 2. The zero-order valence-electron chi connectivity index (χ0n) is 13.7. The van der Waals surface area contributed by atoms with Crippen molar-refractivity contribution in [3.8, 4) is 0 Å². The Labute approximate surface area is 149 Å². The number of nitrogens with zero attached hydrogens (tertiary/aromatic N) is 2. The van der Waals surface area contributed by atoms with Gasteiger partial charge in [0.05, 0.1) is 11.0 Å². The van der Waals surface area contributed by atoms with Gasteiger partial charge in [-0.3, -0.25) is 14.2 Å². The Hall–Kier alpha value is -2.60. The summed E-state index contributed by atoms with van der Waals surface area (Å²) in [6.07, 6.45) is 1.12. The SMILES string of the molecule is CCc1ccc(NC(=O)C2CC(=O)n3c(nc4ccccc43)S2)cc1. The summed E-state index contributed by atoms with van der Waals surface area (Å²) in [5, 5.41) is 3.01. The van der Waals surface area contributed by atoms with E-state index in [1.54, 1.807) is 4.57 Å². The number of imidazole rings is 1. The lowest BCUT2D eigenvalue weighted by Crippen LogP contribution is -2.33. The fourth-order valence-corrected chi connectivity index (χ4v) is 4.04. The first-order chi connectivity index (χ1) is 12.2. The fourth-order valence-electron chi connectivity index (χ4n) is 2.94. The smallest absolute Gasteiger partial charge is 0.238 e. The van der Waals surface area contributed by atoms with Gasteiger partial charge in [0.25, 0.3) is 0 Å². The minimum Gasteiger partial charge on any atom is -0.325 e. The first-order valence-electron chi connectivity index (χ1n) is 8.23. The molecule has 2 heterocycles. The second-order valence-corrected chi connectivity index (χ2v) is 7.13. The van der Waals surface area contributed by atoms with Crippen molar-refractivity contribution < 1.29 is 9.59 Å². The fraction of sp³-hybridized carbons (Fsp3) is 0.211. The highest BCUT2D eigenvalue weighted by molar-refractivity contribution is 8.00. The Kier molecular flexibility index (Phi) is 4.05. The van der Waals surface area contributed by atoms with E-state index in [0.717, 1.165) is 23.1 Å². The maximum Gasteiger partial charge on any atom is 0.238 e. The van der Waals surface area contributed by atoms with E-state index in [2.05, 4.69) is 17.2 Å². The van der Waals surface area contributed by atoms with Crippen LogP contribution >= 0.6 is 11.8 Å². The zero-order valence-corrected chi connectivity index (χ0v) is 14.5. The first kappa shape index (κ1) is 15.9. The highest BCUT2D eigenvalue weighted by atomic mass is 32.2. The molecule has 126 valence electrons. The van der Waals surface area contributed by atoms with Crippen molar-refractivity contribution in [3.05, 3.63) is 54.1 Å². The lowest BCUT2D eigenvalue weighted by Gasteiger charge is -2.21. The number of carbonyl (C=O) groups is 2. The van der Waals surface area contributed by atoms with Crippen molar-refractivity contribution in [3.63, 3.8) is 0 Å². The maximum absolute atomic E-state index is 12.6. The van der Waals surface area contributed by atoms with Crippen LogP contribution in [0.15, 0.2) is 53.7 Å². The molecule has 1 atom stereocenters. The molecule has 5 nitrogen and oxygen atoms in total. The van der Waals surface area contributed by atoms with Gasteiger partial charge < -0.3 is 5.32 Å². The van der Waals surface area contributed by atoms with Crippen LogP contribution in [0.5, 0.6) is 0 Å². The van der Waals surface area contributed by atoms with E-state index in [1.165, 1.54) is 17.3 Å². The van der Waals surface area contributed by atoms with Crippen LogP contribution in [-0.4, -0.2) is 26.6 Å². The molecule has 0 saturated carbocycles. The topological polar surface area (TPSA) is 64.0 Å². The van der Waals surface area contributed by atoms with Gasteiger partial charge in [-0.25, -0.2) is 4.98 Å². The zero-order chi connectivity index (χ0) is 17.4. The molecule has 25 heavy (non-hydrogen) atoms. The van der Waals surface area contributed by atoms with Gasteiger partial charge in [0.2, 0.25) is 11.8 Å². The summed E-state index contributed by atoms with van der Waals surface area (Å²) >= 11 is 1.34. The van der Waals surface area contributed by atoms with E-state index in [1.807, 2.05) is 48.5 Å². The van der Waals surface area contributed by atoms with Crippen LogP contribution in [0.2, 0.25) is 0 Å². The van der Waals surface area contributed by atoms with Gasteiger partial charge in [0.1, 0.15) is 5.25 Å². The second-order valence-electron chi connectivity index (χ2n) is 5.96. The monoisotopic (exact) mass is 351 g/mol. The van der Waals surface area contributed by atoms with Crippen molar-refractivity contribution in [1.29, 1.82) is 0 Å². The standard InChI is InChI=1S/C19H17N3O2S/c1-2-12-7-9-13(10-8-12)20-18(24)16-11-17(23)22-15-6-4-3-5-14(15)21-19(22)25-16/h3-10,16H,2,11H2,1H3,(H,20,24). The predicted molar refractivity (Wildman–Crippen MR) is 99.1 cm³/mol. The number of hydrogen-bond donors (Lipinski definition) is 1. The van der Waals surface area contributed by atoms with E-state index in [4.69, 9.17) is 0 Å². The molecule has 1 aliphatic heterocycles. The van der Waals surface area contributed by atoms with Crippen molar-refractivity contribution in [2.75, 3.05) is 5.32 Å². The number of anilines is 1. The van der Waals surface area contributed by atoms with Crippen molar-refractivity contribution in [1.82, 2.24) is 9.55 Å². The molecule has 0 bridgehead atoms. The number of thioether (sulfide) groups is 1. The Morgan fingerprint density at radius 3 is 2.76 bits per heavy atom. The molecule has 1 amide bonds. The van der Waals surface area contributed by atoms with E-state index < -0.39 is 5.25 Å². The van der Waals surface area contributed by atoms with Crippen molar-refractivity contribution >= 4 is 40.3 Å². The van der Waals surface area contributed by atoms with Crippen LogP contribution < -0.4 is 5.32 Å². The predicted octanol–water partition coefficient (Wildman–Crippen LogP) is 3.74. The normalized spacial score (nSPS) is 16.7. The van der Waals surface area contributed by atoms with Crippen LogP contribution in [0.4, 0.5) is 5.69 Å². The molecule has 0 spiro atoms. The molecule has 2 aromatic carbocycles. The van der Waals surface area contributed by atoms with Gasteiger partial charge in [-0.1, -0.05) is 43.0 Å². The lowest BCUT2D eigenvalue weighted by molar-refractivity contribution is -0.115. The van der Waals surface area contributed by atoms with Gasteiger partial charge in [0.15, 0.2) is 5.16 Å². The third kappa shape index (κ3) is 2.93. The molecule has 1 unspecified atom stereocenters. The summed E-state index contributed by atoms with van der Waals surface area (Å²) < 4.78 is 1.61. The Morgan fingerprint density at radius 1 is 1.24 bits per heavy atom. The number of fused-ring (bicyclic) bond motifs is 3. The Morgan fingerprint density at radius 2 is 2.00 bits per heavy atom. The van der Waals surface area contributed by atoms with E-state index >= 15 is 0 Å². The molecular weight excluding hydrogens is 334 g/mol. The van der Waals surface area contributed by atoms with Gasteiger partial charge >= 0.3 is 0 Å². The molecule has 1 N–H and O–H groups in total. The van der Waals surface area contributed by atoms with Crippen LogP contribution in [0.25, 0.3) is 11.0 Å². The van der Waals surface area contributed by atoms with Crippen molar-refractivity contribution in [2.24, 2.45) is 0 Å². The number of rotatable bonds is 3. The third-order valence-corrected chi connectivity index (χ3v) is 5.46. The van der Waals surface area contributed by atoms with Crippen molar-refractivity contribution in [2.45, 2.75) is 30.2 Å². The van der Waals surface area contributed by atoms with Crippen LogP contribution in [0.1, 0.15) is 23.7 Å². The average Bonchev–Trinajstić information content (AvgIpc) is 3.01. The molecule has 0 saturated heterocycles. The van der Waals surface area contributed by atoms with E-state index in [0.29, 0.717) is 5.16 Å². The molecule has 3 aromatic rings. The molecule has 6 heteroatoms. The summed E-state index contributed by atoms with van der Waals surface area (Å²) in [5.41, 5.74) is 3.53. The second kappa shape index (κ2) is 6.37. The summed E-state index contributed by atoms with van der Waals surface area (Å²) in [6.45, 7) is 2.09. The van der Waals surface area contributed by atoms with Gasteiger partial charge in [-0.05, 0) is 36.2 Å². The molecule has 1 aromatic heterocycles. The molecule has 0 radical (unpaired) electrons. The van der Waals surface area contributed by atoms with E-state index in [-0.39, 0.29) is 18.2 Å². The largest absolute Gasteiger partial charge is 0.325 e. The summed E-state index contributed by atoms with van der Waals surface area (Å²) in [6, 6.07) is 15.3. The minimum atomic E-state index is -0.470. The van der Waals surface area contributed by atoms with Crippen LogP contribution in [0.3, 0.4) is 0 Å². The number of benzene rings is 2. The lowest BCUT2D eigenvalue weighted by atomic mass is 10.1. The molecule has 0 aliphatic carbocycles. The number of nitrogens with one attached hydrogen (secondary N) is 1. The van der Waals surface area contributed by atoms with E-state index in [9.17, 15) is 9.59 Å². The number of aryl methyl sites for hydroxylation is 1. The summed E-state index contributed by atoms with van der Waals surface area (Å²) in [5.74, 6) is -0.259. The highest BCUT2D eigenvalue weighted by Crippen LogP contribution is 2.34. The number of aromatic nitrogens is 2. The summed E-state index contributed by atoms with van der Waals surface area (Å²) in [7, 11) is 0. The average molecular weight is 351 g/mol. The van der Waals surface area contributed by atoms with Crippen LogP contribution in [-0.2, 0) is 11.2 Å².